The van der Waals surface area contributed by atoms with E-state index >= 15 is 0 Å². The predicted molar refractivity (Wildman–Crippen MR) is 168 cm³/mol. The molecule has 230 valence electrons. The van der Waals surface area contributed by atoms with Crippen LogP contribution < -0.4 is 5.43 Å². The average Bonchev–Trinajstić information content (AvgIpc) is 3.06. The molecule has 10 nitrogen and oxygen atoms in total. The predicted octanol–water partition coefficient (Wildman–Crippen LogP) is 6.02. The van der Waals surface area contributed by atoms with E-state index in [-0.39, 0.29) is 31.0 Å². The van der Waals surface area contributed by atoms with Crippen LogP contribution in [0, 0.1) is 22.0 Å². The smallest absolute Gasteiger partial charge is 0.315 e. The van der Waals surface area contributed by atoms with Crippen molar-refractivity contribution < 1.29 is 29.1 Å². The third-order valence-corrected chi connectivity index (χ3v) is 7.83. The molecule has 0 aromatic heterocycles. The van der Waals surface area contributed by atoms with Gasteiger partial charge in [0.1, 0.15) is 19.1 Å². The van der Waals surface area contributed by atoms with Gasteiger partial charge in [0.2, 0.25) is 0 Å². The maximum absolute atomic E-state index is 14.0. The van der Waals surface area contributed by atoms with E-state index in [1.165, 1.54) is 31.2 Å². The molecule has 1 aliphatic carbocycles. The first-order valence-corrected chi connectivity index (χ1v) is 14.5. The number of hydrazone groups is 1. The van der Waals surface area contributed by atoms with E-state index in [0.29, 0.717) is 11.3 Å². The summed E-state index contributed by atoms with van der Waals surface area (Å²) in [5.41, 5.74) is 3.93. The molecule has 4 aromatic rings. The number of nitrogens with zero attached hydrogens (tertiary/aromatic N) is 2. The third-order valence-electron chi connectivity index (χ3n) is 7.83. The Kier molecular flexibility index (Phi) is 9.64. The lowest BCUT2D eigenvalue weighted by atomic mass is 9.61. The highest BCUT2D eigenvalue weighted by molar-refractivity contribution is 6.06. The molecule has 0 saturated heterocycles. The lowest BCUT2D eigenvalue weighted by molar-refractivity contribution is -0.384. The number of para-hydroxylation sites is 1. The minimum absolute atomic E-state index is 0.0257. The van der Waals surface area contributed by atoms with Crippen molar-refractivity contribution in [3.05, 3.63) is 142 Å². The molecule has 0 spiro atoms. The number of carbonyl (C=O) groups is 2. The Hall–Kier alpha value is -5.35. The fraction of sp³-hybridized carbons (Fsp3) is 0.229. The summed E-state index contributed by atoms with van der Waals surface area (Å²) in [5, 5.41) is 27.9. The fourth-order valence-corrected chi connectivity index (χ4v) is 5.65. The van der Waals surface area contributed by atoms with Crippen LogP contribution in [0.1, 0.15) is 36.0 Å². The molecular weight excluding hydrogens is 574 g/mol. The van der Waals surface area contributed by atoms with Crippen molar-refractivity contribution in [3.8, 4) is 0 Å². The molecule has 45 heavy (non-hydrogen) atoms. The molecule has 2 N–H and O–H groups in total. The summed E-state index contributed by atoms with van der Waals surface area (Å²) in [4.78, 5) is 38.8. The van der Waals surface area contributed by atoms with Gasteiger partial charge >= 0.3 is 11.9 Å². The zero-order valence-corrected chi connectivity index (χ0v) is 24.6. The van der Waals surface area contributed by atoms with Crippen molar-refractivity contribution in [3.63, 3.8) is 0 Å². The zero-order chi connectivity index (χ0) is 31.8. The summed E-state index contributed by atoms with van der Waals surface area (Å²) in [5.74, 6) is -4.79. The van der Waals surface area contributed by atoms with Crippen LogP contribution in [-0.2, 0) is 32.3 Å². The van der Waals surface area contributed by atoms with Crippen molar-refractivity contribution in [2.75, 3.05) is 5.43 Å². The monoisotopic (exact) mass is 607 g/mol. The Morgan fingerprint density at radius 2 is 1.36 bits per heavy atom. The second-order valence-electron chi connectivity index (χ2n) is 11.1. The minimum Gasteiger partial charge on any atom is -0.461 e. The van der Waals surface area contributed by atoms with Crippen LogP contribution in [-0.4, -0.2) is 33.3 Å². The molecule has 1 aliphatic rings. The Bertz CT molecular complexity index is 1640. The summed E-state index contributed by atoms with van der Waals surface area (Å²) >= 11 is 0. The standard InChI is InChI=1S/C35H33N3O7/c1-35(41)21-29(37-36-27-15-9-4-10-16-27)31(33(39)44-22-24-11-5-2-6-12-24)30(26-17-19-28(20-18-26)38(42)43)32(35)34(40)45-23-25-13-7-3-8-14-25/h2-20,30-32,36,41H,21-23H2,1H3/b37-29-/t30-,31+,32-,35+/m1/s1. The van der Waals surface area contributed by atoms with Crippen LogP contribution in [0.25, 0.3) is 0 Å². The van der Waals surface area contributed by atoms with Gasteiger partial charge in [-0.25, -0.2) is 0 Å². The quantitative estimate of drug-likeness (QED) is 0.127. The van der Waals surface area contributed by atoms with Gasteiger partial charge in [0, 0.05) is 24.5 Å². The molecule has 0 aliphatic heterocycles. The number of non-ortho nitro benzene ring substituents is 1. The summed E-state index contributed by atoms with van der Waals surface area (Å²) < 4.78 is 11.5. The number of nitro benzene ring substituents is 1. The van der Waals surface area contributed by atoms with Crippen LogP contribution >= 0.6 is 0 Å². The Morgan fingerprint density at radius 3 is 1.89 bits per heavy atom. The maximum Gasteiger partial charge on any atom is 0.315 e. The summed E-state index contributed by atoms with van der Waals surface area (Å²) in [6, 6.07) is 32.9. The minimum atomic E-state index is -1.71. The number of nitro groups is 1. The first-order chi connectivity index (χ1) is 21.7. The van der Waals surface area contributed by atoms with Gasteiger partial charge < -0.3 is 14.6 Å². The number of hydrogen-bond donors (Lipinski definition) is 2. The molecule has 10 heteroatoms. The van der Waals surface area contributed by atoms with Crippen LogP contribution in [0.2, 0.25) is 0 Å². The molecular formula is C35H33N3O7. The second kappa shape index (κ2) is 14.0. The Morgan fingerprint density at radius 1 is 0.844 bits per heavy atom. The first-order valence-electron chi connectivity index (χ1n) is 14.5. The van der Waals surface area contributed by atoms with E-state index in [0.717, 1.165) is 11.1 Å². The van der Waals surface area contributed by atoms with E-state index in [1.807, 2.05) is 78.9 Å². The Labute approximate surface area is 260 Å². The SMILES string of the molecule is C[C@]1(O)C/C(=N/Nc2ccccc2)[C@H](C(=O)OCc2ccccc2)[C@@H](c2ccc([N+](=O)[O-])cc2)[C@@H]1C(=O)OCc1ccccc1. The highest BCUT2D eigenvalue weighted by atomic mass is 16.6. The van der Waals surface area contributed by atoms with E-state index in [4.69, 9.17) is 9.47 Å². The highest BCUT2D eigenvalue weighted by Crippen LogP contribution is 2.47. The molecule has 1 saturated carbocycles. The zero-order valence-electron chi connectivity index (χ0n) is 24.6. The van der Waals surface area contributed by atoms with Gasteiger partial charge in [-0.2, -0.15) is 5.10 Å². The number of anilines is 1. The molecule has 1 fully saturated rings. The van der Waals surface area contributed by atoms with Crippen LogP contribution in [0.15, 0.2) is 120 Å². The van der Waals surface area contributed by atoms with Crippen molar-refractivity contribution in [2.45, 2.75) is 38.1 Å². The summed E-state index contributed by atoms with van der Waals surface area (Å²) in [6.45, 7) is 1.43. The van der Waals surface area contributed by atoms with Gasteiger partial charge in [0.05, 0.1) is 27.8 Å². The van der Waals surface area contributed by atoms with Gasteiger partial charge in [-0.15, -0.1) is 0 Å². The van der Waals surface area contributed by atoms with Gasteiger partial charge in [0.15, 0.2) is 0 Å². The molecule has 4 aromatic carbocycles. The molecule has 0 heterocycles. The fourth-order valence-electron chi connectivity index (χ4n) is 5.65. The maximum atomic E-state index is 14.0. The molecule has 0 unspecified atom stereocenters. The summed E-state index contributed by atoms with van der Waals surface area (Å²) in [6.07, 6.45) is -0.146. The average molecular weight is 608 g/mol. The van der Waals surface area contributed by atoms with Crippen molar-refractivity contribution in [1.29, 1.82) is 0 Å². The lowest BCUT2D eigenvalue weighted by Gasteiger charge is -2.45. The second-order valence-corrected chi connectivity index (χ2v) is 11.1. The van der Waals surface area contributed by atoms with Gasteiger partial charge in [-0.05, 0) is 35.7 Å². The normalized spacial score (nSPS) is 21.9. The number of esters is 2. The van der Waals surface area contributed by atoms with E-state index in [1.54, 1.807) is 12.1 Å². The number of ether oxygens (including phenoxy) is 2. The van der Waals surface area contributed by atoms with Gasteiger partial charge in [0.25, 0.3) is 5.69 Å². The molecule has 0 amide bonds. The van der Waals surface area contributed by atoms with Gasteiger partial charge in [-0.3, -0.25) is 25.1 Å². The van der Waals surface area contributed by atoms with Crippen LogP contribution in [0.5, 0.6) is 0 Å². The lowest BCUT2D eigenvalue weighted by Crippen LogP contribution is -2.55. The van der Waals surface area contributed by atoms with Crippen molar-refractivity contribution in [2.24, 2.45) is 16.9 Å². The summed E-state index contributed by atoms with van der Waals surface area (Å²) in [7, 11) is 0. The molecule has 5 rings (SSSR count). The number of rotatable bonds is 10. The van der Waals surface area contributed by atoms with Crippen LogP contribution in [0.3, 0.4) is 0 Å². The van der Waals surface area contributed by atoms with Crippen LogP contribution in [0.4, 0.5) is 11.4 Å². The third kappa shape index (κ3) is 7.60. The molecule has 0 radical (unpaired) electrons. The van der Waals surface area contributed by atoms with Crippen molar-refractivity contribution >= 4 is 29.0 Å². The van der Waals surface area contributed by atoms with E-state index < -0.39 is 40.2 Å². The topological polar surface area (TPSA) is 140 Å². The molecule has 4 atom stereocenters. The number of hydrogen-bond acceptors (Lipinski definition) is 9. The van der Waals surface area contributed by atoms with Gasteiger partial charge in [-0.1, -0.05) is 91.0 Å². The largest absolute Gasteiger partial charge is 0.461 e. The van der Waals surface area contributed by atoms with E-state index in [2.05, 4.69) is 10.5 Å². The van der Waals surface area contributed by atoms with E-state index in [9.17, 15) is 24.8 Å². The van der Waals surface area contributed by atoms with Crippen molar-refractivity contribution in [1.82, 2.24) is 0 Å². The number of nitrogens with one attached hydrogen (secondary N) is 1. The number of benzene rings is 4. The number of aliphatic hydroxyl groups is 1. The number of carbonyl (C=O) groups excluding carboxylic acids is 2. The first kappa shape index (κ1) is 31.1. The molecule has 0 bridgehead atoms. The highest BCUT2D eigenvalue weighted by Gasteiger charge is 2.56. The Balaban J connectivity index is 1.57.